The molecule has 6 nitrogen and oxygen atoms in total. The second-order valence-corrected chi connectivity index (χ2v) is 8.93. The van der Waals surface area contributed by atoms with Crippen LogP contribution in [0.1, 0.15) is 30.0 Å². The van der Waals surface area contributed by atoms with Gasteiger partial charge < -0.3 is 19.5 Å². The monoisotopic (exact) mass is 474 g/mol. The molecule has 1 atom stereocenters. The van der Waals surface area contributed by atoms with Gasteiger partial charge in [-0.2, -0.15) is 4.98 Å². The number of methoxy groups -OCH3 is 1. The highest BCUT2D eigenvalue weighted by Crippen LogP contribution is 2.38. The van der Waals surface area contributed by atoms with Gasteiger partial charge in [0.25, 0.3) is 5.89 Å². The van der Waals surface area contributed by atoms with Crippen molar-refractivity contribution >= 4 is 34.2 Å². The van der Waals surface area contributed by atoms with Gasteiger partial charge in [-0.1, -0.05) is 59.8 Å². The Morgan fingerprint density at radius 2 is 1.88 bits per heavy atom. The second kappa shape index (κ2) is 9.17. The molecule has 5 rings (SSSR count). The topological polar surface area (TPSA) is 63.4 Å². The van der Waals surface area contributed by atoms with Crippen molar-refractivity contribution in [3.63, 3.8) is 0 Å². The van der Waals surface area contributed by atoms with Crippen LogP contribution in [-0.4, -0.2) is 27.3 Å². The van der Waals surface area contributed by atoms with Crippen LogP contribution in [0.5, 0.6) is 5.75 Å². The van der Waals surface area contributed by atoms with Gasteiger partial charge in [0.2, 0.25) is 5.82 Å². The first-order valence-electron chi connectivity index (χ1n) is 10.5. The van der Waals surface area contributed by atoms with Crippen molar-refractivity contribution in [1.29, 1.82) is 0 Å². The van der Waals surface area contributed by atoms with Crippen LogP contribution >= 0.6 is 23.6 Å². The minimum absolute atomic E-state index is 0.204. The standard InChI is InChI=1S/C25H22N4O2S2/c1-16-21(24-27-23(28-31-24)20-13-8-14-33-20)22(17-9-4-3-5-10-17)26-25(32)29(16)15-18-11-6-7-12-19(18)30-2/h3-14,22H,15H2,1-2H3,(H,26,32). The van der Waals surface area contributed by atoms with Gasteiger partial charge in [-0.3, -0.25) is 0 Å². The average Bonchev–Trinajstić information content (AvgIpc) is 3.54. The van der Waals surface area contributed by atoms with E-state index < -0.39 is 0 Å². The minimum atomic E-state index is -0.204. The van der Waals surface area contributed by atoms with E-state index >= 15 is 0 Å². The van der Waals surface area contributed by atoms with Crippen LogP contribution in [0, 0.1) is 0 Å². The predicted molar refractivity (Wildman–Crippen MR) is 134 cm³/mol. The van der Waals surface area contributed by atoms with Crippen LogP contribution < -0.4 is 10.1 Å². The molecule has 4 aromatic rings. The zero-order valence-electron chi connectivity index (χ0n) is 18.2. The highest BCUT2D eigenvalue weighted by molar-refractivity contribution is 7.80. The molecule has 0 radical (unpaired) electrons. The lowest BCUT2D eigenvalue weighted by atomic mass is 9.94. The summed E-state index contributed by atoms with van der Waals surface area (Å²) in [7, 11) is 1.68. The van der Waals surface area contributed by atoms with Crippen LogP contribution in [0.3, 0.4) is 0 Å². The average molecular weight is 475 g/mol. The fraction of sp³-hybridized carbons (Fsp3) is 0.160. The number of thiocarbonyl (C=S) groups is 1. The summed E-state index contributed by atoms with van der Waals surface area (Å²) in [4.78, 5) is 7.76. The highest BCUT2D eigenvalue weighted by Gasteiger charge is 2.34. The van der Waals surface area contributed by atoms with Crippen LogP contribution in [-0.2, 0) is 6.54 Å². The van der Waals surface area contributed by atoms with E-state index in [-0.39, 0.29) is 6.04 Å². The molecule has 166 valence electrons. The van der Waals surface area contributed by atoms with Crippen molar-refractivity contribution in [2.45, 2.75) is 19.5 Å². The summed E-state index contributed by atoms with van der Waals surface area (Å²) in [6.07, 6.45) is 0. The Morgan fingerprint density at radius 3 is 2.64 bits per heavy atom. The number of para-hydroxylation sites is 1. The molecule has 3 heterocycles. The number of nitrogens with one attached hydrogen (secondary N) is 1. The summed E-state index contributed by atoms with van der Waals surface area (Å²) in [5, 5.41) is 10.4. The molecule has 2 aromatic heterocycles. The molecular weight excluding hydrogens is 452 g/mol. The van der Waals surface area contributed by atoms with E-state index in [1.54, 1.807) is 18.4 Å². The van der Waals surface area contributed by atoms with Crippen molar-refractivity contribution in [1.82, 2.24) is 20.4 Å². The maximum Gasteiger partial charge on any atom is 0.258 e. The number of thiophene rings is 1. The molecule has 0 spiro atoms. The zero-order chi connectivity index (χ0) is 22.8. The molecule has 0 amide bonds. The Labute approximate surface area is 201 Å². The van der Waals surface area contributed by atoms with Crippen LogP contribution in [0.25, 0.3) is 16.3 Å². The lowest BCUT2D eigenvalue weighted by Crippen LogP contribution is -2.45. The number of nitrogens with zero attached hydrogens (tertiary/aromatic N) is 3. The summed E-state index contributed by atoms with van der Waals surface area (Å²) in [5.74, 6) is 1.87. The summed E-state index contributed by atoms with van der Waals surface area (Å²) in [6.45, 7) is 2.60. The van der Waals surface area contributed by atoms with E-state index in [9.17, 15) is 0 Å². The number of allylic oxidation sites excluding steroid dienone is 1. The molecule has 0 bridgehead atoms. The number of hydrogen-bond acceptors (Lipinski definition) is 6. The minimum Gasteiger partial charge on any atom is -0.496 e. The molecule has 0 saturated carbocycles. The molecule has 0 aliphatic carbocycles. The molecule has 1 aliphatic heterocycles. The molecule has 1 unspecified atom stereocenters. The van der Waals surface area contributed by atoms with Gasteiger partial charge in [0.05, 0.1) is 30.1 Å². The van der Waals surface area contributed by atoms with Crippen molar-refractivity contribution in [3.8, 4) is 16.5 Å². The van der Waals surface area contributed by atoms with Crippen LogP contribution in [0.15, 0.2) is 82.3 Å². The fourth-order valence-electron chi connectivity index (χ4n) is 3.99. The van der Waals surface area contributed by atoms with Gasteiger partial charge in [-0.05, 0) is 42.2 Å². The van der Waals surface area contributed by atoms with Gasteiger partial charge in [0.15, 0.2) is 5.11 Å². The number of hydrogen-bond donors (Lipinski definition) is 1. The van der Waals surface area contributed by atoms with E-state index in [0.29, 0.717) is 23.4 Å². The largest absolute Gasteiger partial charge is 0.496 e. The van der Waals surface area contributed by atoms with Crippen molar-refractivity contribution in [3.05, 3.63) is 94.8 Å². The summed E-state index contributed by atoms with van der Waals surface area (Å²) in [6, 6.07) is 21.9. The van der Waals surface area contributed by atoms with E-state index in [1.165, 1.54) is 0 Å². The third kappa shape index (κ3) is 4.15. The quantitative estimate of drug-likeness (QED) is 0.361. The fourth-order valence-corrected chi connectivity index (χ4v) is 4.96. The van der Waals surface area contributed by atoms with Gasteiger partial charge in [0.1, 0.15) is 5.75 Å². The number of ether oxygens (including phenoxy) is 1. The second-order valence-electron chi connectivity index (χ2n) is 7.59. The molecule has 0 fully saturated rings. The Bertz CT molecular complexity index is 1300. The smallest absolute Gasteiger partial charge is 0.258 e. The summed E-state index contributed by atoms with van der Waals surface area (Å²) in [5.41, 5.74) is 3.97. The molecule has 2 aromatic carbocycles. The summed E-state index contributed by atoms with van der Waals surface area (Å²) < 4.78 is 11.3. The van der Waals surface area contributed by atoms with Gasteiger partial charge in [0, 0.05) is 11.3 Å². The van der Waals surface area contributed by atoms with E-state index in [0.717, 1.165) is 33.0 Å². The molecular formula is C25H22N4O2S2. The predicted octanol–water partition coefficient (Wildman–Crippen LogP) is 5.67. The third-order valence-corrected chi connectivity index (χ3v) is 6.85. The van der Waals surface area contributed by atoms with Crippen LogP contribution in [0.2, 0.25) is 0 Å². The first-order valence-corrected chi connectivity index (χ1v) is 11.8. The Morgan fingerprint density at radius 1 is 1.09 bits per heavy atom. The van der Waals surface area contributed by atoms with E-state index in [4.69, 9.17) is 26.5 Å². The van der Waals surface area contributed by atoms with E-state index in [2.05, 4.69) is 27.5 Å². The molecule has 33 heavy (non-hydrogen) atoms. The number of rotatable bonds is 6. The summed E-state index contributed by atoms with van der Waals surface area (Å²) >= 11 is 7.39. The number of benzene rings is 2. The first-order chi connectivity index (χ1) is 16.2. The third-order valence-electron chi connectivity index (χ3n) is 5.65. The van der Waals surface area contributed by atoms with Crippen molar-refractivity contribution < 1.29 is 9.26 Å². The molecule has 0 saturated heterocycles. The van der Waals surface area contributed by atoms with Crippen LogP contribution in [0.4, 0.5) is 0 Å². The first kappa shape index (κ1) is 21.4. The normalized spacial score (nSPS) is 16.1. The molecule has 1 N–H and O–H groups in total. The number of aromatic nitrogens is 2. The lowest BCUT2D eigenvalue weighted by molar-refractivity contribution is 0.387. The van der Waals surface area contributed by atoms with Crippen molar-refractivity contribution in [2.24, 2.45) is 0 Å². The Kier molecular flexibility index (Phi) is 5.93. The Balaban J connectivity index is 1.60. The highest BCUT2D eigenvalue weighted by atomic mass is 32.1. The Hall–Kier alpha value is -3.49. The van der Waals surface area contributed by atoms with Gasteiger partial charge in [-0.25, -0.2) is 0 Å². The maximum absolute atomic E-state index is 5.81. The van der Waals surface area contributed by atoms with Gasteiger partial charge in [-0.15, -0.1) is 11.3 Å². The maximum atomic E-state index is 5.81. The molecule has 8 heteroatoms. The van der Waals surface area contributed by atoms with E-state index in [1.807, 2.05) is 66.9 Å². The SMILES string of the molecule is COc1ccccc1CN1C(=S)NC(c2ccccc2)C(c2nc(-c3cccs3)no2)=C1C. The zero-order valence-corrected chi connectivity index (χ0v) is 19.8. The lowest BCUT2D eigenvalue weighted by Gasteiger charge is -2.37. The van der Waals surface area contributed by atoms with Gasteiger partial charge >= 0.3 is 0 Å². The van der Waals surface area contributed by atoms with Crippen molar-refractivity contribution in [2.75, 3.05) is 7.11 Å². The molecule has 1 aliphatic rings.